The molecule has 0 unspecified atom stereocenters. The van der Waals surface area contributed by atoms with Gasteiger partial charge in [0.25, 0.3) is 5.95 Å². The van der Waals surface area contributed by atoms with Gasteiger partial charge in [-0.25, -0.2) is 5.43 Å². The fourth-order valence-corrected chi connectivity index (χ4v) is 3.47. The Hall–Kier alpha value is -3.12. The molecular formula is C20H20Br2N6O4. The Kier molecular flexibility index (Phi) is 8.06. The van der Waals surface area contributed by atoms with Crippen molar-refractivity contribution in [1.82, 2.24) is 14.9 Å². The molecule has 32 heavy (non-hydrogen) atoms. The van der Waals surface area contributed by atoms with E-state index in [1.165, 1.54) is 11.0 Å². The number of phenols is 2. The van der Waals surface area contributed by atoms with Gasteiger partial charge in [0.2, 0.25) is 0 Å². The summed E-state index contributed by atoms with van der Waals surface area (Å²) < 4.78 is 13.2. The first kappa shape index (κ1) is 23.5. The maximum absolute atomic E-state index is 10.0. The zero-order valence-electron chi connectivity index (χ0n) is 17.2. The summed E-state index contributed by atoms with van der Waals surface area (Å²) in [6.07, 6.45) is 4.52. The number of nitrogens with one attached hydrogen (secondary N) is 1. The Bertz CT molecular complexity index is 1150. The number of benzene rings is 2. The highest BCUT2D eigenvalue weighted by Gasteiger charge is 2.10. The van der Waals surface area contributed by atoms with E-state index in [-0.39, 0.29) is 17.4 Å². The highest BCUT2D eigenvalue weighted by molar-refractivity contribution is 9.10. The summed E-state index contributed by atoms with van der Waals surface area (Å²) in [5.74, 6) is 1.03. The number of anilines is 1. The van der Waals surface area contributed by atoms with Crippen molar-refractivity contribution in [3.8, 4) is 23.0 Å². The Morgan fingerprint density at radius 2 is 1.53 bits per heavy atom. The number of rotatable bonds is 9. The number of phenolic OH excluding ortho intramolecular Hbond substituents is 2. The summed E-state index contributed by atoms with van der Waals surface area (Å²) in [4.78, 5) is 0. The molecular weight excluding hydrogens is 548 g/mol. The number of ether oxygens (including phenoxy) is 2. The van der Waals surface area contributed by atoms with Gasteiger partial charge in [0, 0.05) is 0 Å². The minimum absolute atomic E-state index is 0.0263. The number of aromatic nitrogens is 3. The molecule has 3 N–H and O–H groups in total. The molecule has 0 saturated heterocycles. The quantitative estimate of drug-likeness (QED) is 0.259. The van der Waals surface area contributed by atoms with Crippen LogP contribution in [0.2, 0.25) is 0 Å². The Balaban J connectivity index is 1.74. The van der Waals surface area contributed by atoms with E-state index >= 15 is 0 Å². The number of halogens is 2. The normalized spacial score (nSPS) is 11.4. The van der Waals surface area contributed by atoms with E-state index in [0.717, 1.165) is 0 Å². The van der Waals surface area contributed by atoms with Crippen molar-refractivity contribution in [3.05, 3.63) is 50.7 Å². The molecule has 0 aliphatic rings. The van der Waals surface area contributed by atoms with Crippen molar-refractivity contribution in [2.75, 3.05) is 18.6 Å². The number of hydrogen-bond donors (Lipinski definition) is 3. The summed E-state index contributed by atoms with van der Waals surface area (Å²) in [6, 6.07) is 6.73. The average molecular weight is 568 g/mol. The van der Waals surface area contributed by atoms with Crippen LogP contribution in [-0.4, -0.2) is 50.7 Å². The van der Waals surface area contributed by atoms with Crippen LogP contribution < -0.4 is 14.9 Å². The summed E-state index contributed by atoms with van der Waals surface area (Å²) >= 11 is 6.59. The molecule has 0 spiro atoms. The van der Waals surface area contributed by atoms with Gasteiger partial charge in [-0.2, -0.15) is 14.9 Å². The average Bonchev–Trinajstić information content (AvgIpc) is 3.21. The largest absolute Gasteiger partial charge is 0.503 e. The zero-order valence-corrected chi connectivity index (χ0v) is 20.3. The van der Waals surface area contributed by atoms with Crippen LogP contribution in [0.5, 0.6) is 23.0 Å². The van der Waals surface area contributed by atoms with Crippen molar-refractivity contribution in [3.63, 3.8) is 0 Å². The van der Waals surface area contributed by atoms with Crippen molar-refractivity contribution < 1.29 is 19.7 Å². The molecule has 12 heteroatoms. The monoisotopic (exact) mass is 566 g/mol. The Morgan fingerprint density at radius 1 is 0.969 bits per heavy atom. The number of aromatic hydroxyl groups is 2. The van der Waals surface area contributed by atoms with E-state index in [1.807, 2.05) is 13.8 Å². The standard InChI is InChI=1S/C20H20Br2N6O4/c1-3-31-16-7-12(5-14(21)18(16)29)9-23-26-20-27-24-11-28(20)25-10-13-6-15(22)19(30)17(8-13)32-4-2/h5-11,29-30H,3-4H2,1-2H3,(H,26,27)/b23-9+,25-10-. The first-order valence-electron chi connectivity index (χ1n) is 9.47. The molecule has 10 nitrogen and oxygen atoms in total. The maximum Gasteiger partial charge on any atom is 0.265 e. The first-order chi connectivity index (χ1) is 15.4. The molecule has 0 aliphatic heterocycles. The summed E-state index contributed by atoms with van der Waals surface area (Å²) in [5, 5.41) is 36.3. The van der Waals surface area contributed by atoms with Gasteiger partial charge in [0.05, 0.1) is 34.6 Å². The second-order valence-electron chi connectivity index (χ2n) is 6.18. The van der Waals surface area contributed by atoms with Gasteiger partial charge >= 0.3 is 0 Å². The van der Waals surface area contributed by atoms with E-state index in [1.54, 1.807) is 36.7 Å². The van der Waals surface area contributed by atoms with Crippen LogP contribution in [-0.2, 0) is 0 Å². The molecule has 1 aromatic heterocycles. The number of hydrazone groups is 1. The first-order valence-corrected chi connectivity index (χ1v) is 11.1. The second-order valence-corrected chi connectivity index (χ2v) is 7.89. The summed E-state index contributed by atoms with van der Waals surface area (Å²) in [5.41, 5.74) is 4.15. The topological polar surface area (TPSA) is 126 Å². The van der Waals surface area contributed by atoms with Crippen molar-refractivity contribution in [2.24, 2.45) is 10.2 Å². The van der Waals surface area contributed by atoms with Gasteiger partial charge in [-0.05, 0) is 81.1 Å². The minimum Gasteiger partial charge on any atom is -0.503 e. The third-order valence-electron chi connectivity index (χ3n) is 3.94. The maximum atomic E-state index is 10.0. The molecule has 0 fully saturated rings. The Morgan fingerprint density at radius 3 is 2.09 bits per heavy atom. The third kappa shape index (κ3) is 5.77. The fourth-order valence-electron chi connectivity index (χ4n) is 2.55. The molecule has 0 amide bonds. The zero-order chi connectivity index (χ0) is 23.1. The predicted octanol–water partition coefficient (Wildman–Crippen LogP) is 4.34. The smallest absolute Gasteiger partial charge is 0.265 e. The van der Waals surface area contributed by atoms with Crippen LogP contribution in [0.25, 0.3) is 0 Å². The van der Waals surface area contributed by atoms with E-state index < -0.39 is 0 Å². The van der Waals surface area contributed by atoms with Crippen molar-refractivity contribution in [1.29, 1.82) is 0 Å². The van der Waals surface area contributed by atoms with Gasteiger partial charge in [-0.1, -0.05) is 0 Å². The lowest BCUT2D eigenvalue weighted by molar-refractivity contribution is 0.317. The fraction of sp³-hybridized carbons (Fsp3) is 0.200. The molecule has 1 heterocycles. The molecule has 168 valence electrons. The van der Waals surface area contributed by atoms with Crippen LogP contribution in [0.15, 0.2) is 49.7 Å². The van der Waals surface area contributed by atoms with Gasteiger partial charge in [0.15, 0.2) is 23.0 Å². The van der Waals surface area contributed by atoms with Crippen LogP contribution in [0.4, 0.5) is 5.95 Å². The molecule has 3 rings (SSSR count). The second kappa shape index (κ2) is 11.0. The lowest BCUT2D eigenvalue weighted by atomic mass is 10.2. The van der Waals surface area contributed by atoms with Crippen LogP contribution in [0, 0.1) is 0 Å². The highest BCUT2D eigenvalue weighted by Crippen LogP contribution is 2.36. The Labute approximate surface area is 200 Å². The van der Waals surface area contributed by atoms with Crippen molar-refractivity contribution in [2.45, 2.75) is 13.8 Å². The number of nitrogens with zero attached hydrogens (tertiary/aromatic N) is 5. The van der Waals surface area contributed by atoms with E-state index in [9.17, 15) is 10.2 Å². The lowest BCUT2D eigenvalue weighted by Crippen LogP contribution is -2.00. The molecule has 0 radical (unpaired) electrons. The highest BCUT2D eigenvalue weighted by atomic mass is 79.9. The molecule has 3 aromatic rings. The summed E-state index contributed by atoms with van der Waals surface area (Å²) in [7, 11) is 0. The van der Waals surface area contributed by atoms with E-state index in [0.29, 0.717) is 44.8 Å². The molecule has 0 saturated carbocycles. The van der Waals surface area contributed by atoms with Gasteiger partial charge in [-0.3, -0.25) is 0 Å². The number of hydrogen-bond acceptors (Lipinski definition) is 9. The van der Waals surface area contributed by atoms with E-state index in [4.69, 9.17) is 9.47 Å². The lowest BCUT2D eigenvalue weighted by Gasteiger charge is -2.08. The van der Waals surface area contributed by atoms with Crippen LogP contribution >= 0.6 is 31.9 Å². The predicted molar refractivity (Wildman–Crippen MR) is 128 cm³/mol. The van der Waals surface area contributed by atoms with E-state index in [2.05, 4.69) is 57.7 Å². The van der Waals surface area contributed by atoms with Crippen LogP contribution in [0.3, 0.4) is 0 Å². The van der Waals surface area contributed by atoms with Crippen molar-refractivity contribution >= 4 is 50.2 Å². The minimum atomic E-state index is 0.0263. The molecule has 0 bridgehead atoms. The van der Waals surface area contributed by atoms with Crippen LogP contribution in [0.1, 0.15) is 25.0 Å². The molecule has 2 aromatic carbocycles. The summed E-state index contributed by atoms with van der Waals surface area (Å²) in [6.45, 7) is 4.50. The third-order valence-corrected chi connectivity index (χ3v) is 5.15. The molecule has 0 atom stereocenters. The van der Waals surface area contributed by atoms with Gasteiger partial charge in [0.1, 0.15) is 6.33 Å². The SMILES string of the molecule is CCOc1cc(/C=N\n2cnnc2N/N=C/c2cc(Br)c(O)c(OCC)c2)cc(Br)c1O. The molecule has 0 aliphatic carbocycles. The van der Waals surface area contributed by atoms with Gasteiger partial charge in [-0.15, -0.1) is 10.2 Å². The van der Waals surface area contributed by atoms with Gasteiger partial charge < -0.3 is 19.7 Å².